The Balaban J connectivity index is 1.54. The van der Waals surface area contributed by atoms with E-state index in [9.17, 15) is 9.59 Å². The summed E-state index contributed by atoms with van der Waals surface area (Å²) in [5.74, 6) is -0.0475. The molecule has 2 bridgehead atoms. The fraction of sp³-hybridized carbons (Fsp3) is 0.529. The van der Waals surface area contributed by atoms with Crippen molar-refractivity contribution in [2.75, 3.05) is 5.32 Å². The van der Waals surface area contributed by atoms with Crippen LogP contribution in [0, 0.1) is 5.41 Å². The summed E-state index contributed by atoms with van der Waals surface area (Å²) in [5, 5.41) is 6.61. The lowest BCUT2D eigenvalue weighted by molar-refractivity contribution is -0.174. The van der Waals surface area contributed by atoms with Crippen LogP contribution in [0.3, 0.4) is 0 Å². The summed E-state index contributed by atoms with van der Waals surface area (Å²) >= 11 is 11.8. The fourth-order valence-electron chi connectivity index (χ4n) is 3.52. The van der Waals surface area contributed by atoms with Gasteiger partial charge in [0.25, 0.3) is 0 Å². The Morgan fingerprint density at radius 2 is 1.75 bits per heavy atom. The molecule has 2 N–H and O–H groups in total. The van der Waals surface area contributed by atoms with Crippen LogP contribution in [0.25, 0.3) is 0 Å². The van der Waals surface area contributed by atoms with Crippen molar-refractivity contribution < 1.29 is 14.3 Å². The van der Waals surface area contributed by atoms with Crippen LogP contribution >= 0.6 is 23.2 Å². The molecule has 0 unspecified atom stereocenters. The van der Waals surface area contributed by atoms with Gasteiger partial charge in [0, 0.05) is 11.2 Å². The number of carbonyl (C=O) groups is 2. The second kappa shape index (κ2) is 5.53. The summed E-state index contributed by atoms with van der Waals surface area (Å²) in [5.41, 5.74) is -0.608. The largest absolute Gasteiger partial charge is 0.444 e. The Bertz CT molecular complexity index is 693. The third-order valence-corrected chi connectivity index (χ3v) is 5.19. The molecule has 3 fully saturated rings. The minimum Gasteiger partial charge on any atom is -0.444 e. The highest BCUT2D eigenvalue weighted by Gasteiger charge is 2.72. The van der Waals surface area contributed by atoms with E-state index in [1.54, 1.807) is 18.2 Å². The second-order valence-electron chi connectivity index (χ2n) is 7.80. The maximum absolute atomic E-state index is 12.5. The number of carbonyl (C=O) groups excluding carboxylic acids is 2. The maximum atomic E-state index is 12.5. The van der Waals surface area contributed by atoms with E-state index in [4.69, 9.17) is 27.9 Å². The quantitative estimate of drug-likeness (QED) is 0.829. The summed E-state index contributed by atoms with van der Waals surface area (Å²) in [7, 11) is 0. The SMILES string of the molecule is CC(C)(C)OC(=O)NC12CC(C(=O)Nc3ccc(Cl)c(Cl)c3)(C1)C2. The summed E-state index contributed by atoms with van der Waals surface area (Å²) in [4.78, 5) is 24.3. The molecule has 1 aromatic rings. The molecule has 2 amide bonds. The van der Waals surface area contributed by atoms with Crippen molar-refractivity contribution >= 4 is 40.9 Å². The second-order valence-corrected chi connectivity index (χ2v) is 8.62. The molecule has 0 heterocycles. The molecule has 0 saturated heterocycles. The van der Waals surface area contributed by atoms with Crippen LogP contribution in [0.4, 0.5) is 10.5 Å². The van der Waals surface area contributed by atoms with E-state index in [0.29, 0.717) is 35.0 Å². The Kier molecular flexibility index (Phi) is 4.00. The first-order valence-electron chi connectivity index (χ1n) is 7.80. The first-order chi connectivity index (χ1) is 11.0. The van der Waals surface area contributed by atoms with Crippen molar-refractivity contribution in [1.82, 2.24) is 5.32 Å². The van der Waals surface area contributed by atoms with Gasteiger partial charge in [-0.05, 0) is 58.2 Å². The first-order valence-corrected chi connectivity index (χ1v) is 8.56. The molecule has 0 aromatic heterocycles. The van der Waals surface area contributed by atoms with Gasteiger partial charge < -0.3 is 15.4 Å². The Hall–Kier alpha value is -1.46. The smallest absolute Gasteiger partial charge is 0.408 e. The standard InChI is InChI=1S/C17H20Cl2N2O3/c1-15(2,3)24-14(23)21-17-7-16(8-17,9-17)13(22)20-10-4-5-11(18)12(19)6-10/h4-6H,7-9H2,1-3H3,(H,20,22)(H,21,23). The predicted molar refractivity (Wildman–Crippen MR) is 93.5 cm³/mol. The van der Waals surface area contributed by atoms with E-state index in [-0.39, 0.29) is 11.4 Å². The topological polar surface area (TPSA) is 67.4 Å². The molecule has 3 aliphatic carbocycles. The molecular formula is C17H20Cl2N2O3. The number of rotatable bonds is 3. The summed E-state index contributed by atoms with van der Waals surface area (Å²) < 4.78 is 5.27. The molecule has 7 heteroatoms. The number of anilines is 1. The number of amides is 2. The highest BCUT2D eigenvalue weighted by atomic mass is 35.5. The van der Waals surface area contributed by atoms with E-state index in [0.717, 1.165) is 0 Å². The van der Waals surface area contributed by atoms with Gasteiger partial charge in [0.05, 0.1) is 15.5 Å². The van der Waals surface area contributed by atoms with Crippen molar-refractivity contribution in [1.29, 1.82) is 0 Å². The number of benzene rings is 1. The molecule has 0 aliphatic heterocycles. The highest BCUT2D eigenvalue weighted by molar-refractivity contribution is 6.42. The number of nitrogens with one attached hydrogen (secondary N) is 2. The van der Waals surface area contributed by atoms with Gasteiger partial charge in [0.1, 0.15) is 5.60 Å². The normalized spacial score (nSPS) is 27.5. The van der Waals surface area contributed by atoms with Gasteiger partial charge in [0.2, 0.25) is 5.91 Å². The van der Waals surface area contributed by atoms with Crippen molar-refractivity contribution in [3.05, 3.63) is 28.2 Å². The Morgan fingerprint density at radius 1 is 1.12 bits per heavy atom. The van der Waals surface area contributed by atoms with E-state index in [2.05, 4.69) is 10.6 Å². The lowest BCUT2D eigenvalue weighted by Gasteiger charge is -2.68. The van der Waals surface area contributed by atoms with Crippen LogP contribution in [0.1, 0.15) is 40.0 Å². The van der Waals surface area contributed by atoms with Gasteiger partial charge in [-0.2, -0.15) is 0 Å². The minimum absolute atomic E-state index is 0.0475. The van der Waals surface area contributed by atoms with Crippen LogP contribution in [0.2, 0.25) is 10.0 Å². The van der Waals surface area contributed by atoms with Crippen LogP contribution in [-0.2, 0) is 9.53 Å². The van der Waals surface area contributed by atoms with Crippen molar-refractivity contribution in [3.63, 3.8) is 0 Å². The van der Waals surface area contributed by atoms with Gasteiger partial charge in [-0.25, -0.2) is 4.79 Å². The molecule has 3 saturated carbocycles. The zero-order valence-corrected chi connectivity index (χ0v) is 15.3. The van der Waals surface area contributed by atoms with Crippen LogP contribution in [0.5, 0.6) is 0 Å². The number of hydrogen-bond acceptors (Lipinski definition) is 3. The average molecular weight is 371 g/mol. The summed E-state index contributed by atoms with van der Waals surface area (Å²) in [6, 6.07) is 4.99. The molecule has 24 heavy (non-hydrogen) atoms. The zero-order valence-electron chi connectivity index (χ0n) is 13.8. The van der Waals surface area contributed by atoms with Crippen molar-refractivity contribution in [3.8, 4) is 0 Å². The maximum Gasteiger partial charge on any atom is 0.408 e. The molecule has 1 aromatic carbocycles. The van der Waals surface area contributed by atoms with Gasteiger partial charge >= 0.3 is 6.09 Å². The average Bonchev–Trinajstić information content (AvgIpc) is 2.34. The Morgan fingerprint density at radius 3 is 2.29 bits per heavy atom. The van der Waals surface area contributed by atoms with Crippen molar-refractivity contribution in [2.24, 2.45) is 5.41 Å². The molecule has 0 spiro atoms. The molecule has 4 rings (SSSR count). The monoisotopic (exact) mass is 370 g/mol. The van der Waals surface area contributed by atoms with Gasteiger partial charge in [-0.3, -0.25) is 4.79 Å². The molecular weight excluding hydrogens is 351 g/mol. The van der Waals surface area contributed by atoms with Crippen LogP contribution < -0.4 is 10.6 Å². The van der Waals surface area contributed by atoms with E-state index in [1.807, 2.05) is 20.8 Å². The number of ether oxygens (including phenoxy) is 1. The fourth-order valence-corrected chi connectivity index (χ4v) is 3.82. The van der Waals surface area contributed by atoms with Crippen molar-refractivity contribution in [2.45, 2.75) is 51.2 Å². The first kappa shape index (κ1) is 17.4. The number of alkyl carbamates (subject to hydrolysis) is 1. The number of hydrogen-bond donors (Lipinski definition) is 2. The molecule has 0 atom stereocenters. The minimum atomic E-state index is -0.531. The van der Waals surface area contributed by atoms with Gasteiger partial charge in [-0.1, -0.05) is 23.2 Å². The Labute approximate surface area is 151 Å². The van der Waals surface area contributed by atoms with E-state index in [1.165, 1.54) is 0 Å². The molecule has 5 nitrogen and oxygen atoms in total. The number of halogens is 2. The van der Waals surface area contributed by atoms with E-state index < -0.39 is 17.1 Å². The highest BCUT2D eigenvalue weighted by Crippen LogP contribution is 2.67. The van der Waals surface area contributed by atoms with Gasteiger partial charge in [-0.15, -0.1) is 0 Å². The van der Waals surface area contributed by atoms with Crippen LogP contribution in [-0.4, -0.2) is 23.1 Å². The van der Waals surface area contributed by atoms with E-state index >= 15 is 0 Å². The lowest BCUT2D eigenvalue weighted by atomic mass is 9.39. The lowest BCUT2D eigenvalue weighted by Crippen LogP contribution is -2.77. The summed E-state index contributed by atoms with van der Waals surface area (Å²) in [6.45, 7) is 5.46. The third kappa shape index (κ3) is 3.20. The molecule has 130 valence electrons. The predicted octanol–water partition coefficient (Wildman–Crippen LogP) is 4.38. The van der Waals surface area contributed by atoms with Crippen LogP contribution in [0.15, 0.2) is 18.2 Å². The molecule has 3 aliphatic rings. The summed E-state index contributed by atoms with van der Waals surface area (Å²) in [6.07, 6.45) is 1.46. The molecule has 0 radical (unpaired) electrons. The third-order valence-electron chi connectivity index (χ3n) is 4.46. The zero-order chi connectivity index (χ0) is 17.8. The van der Waals surface area contributed by atoms with Gasteiger partial charge in [0.15, 0.2) is 0 Å².